The van der Waals surface area contributed by atoms with Crippen molar-refractivity contribution in [1.29, 1.82) is 0 Å². The monoisotopic (exact) mass is 263 g/mol. The lowest BCUT2D eigenvalue weighted by Gasteiger charge is -2.08. The Morgan fingerprint density at radius 1 is 1.44 bits per heavy atom. The molecule has 0 atom stereocenters. The van der Waals surface area contributed by atoms with E-state index in [0.29, 0.717) is 5.75 Å². The van der Waals surface area contributed by atoms with E-state index in [1.807, 2.05) is 19.2 Å². The van der Waals surface area contributed by atoms with Crippen molar-refractivity contribution in [3.05, 3.63) is 45.4 Å². The predicted octanol–water partition coefficient (Wildman–Crippen LogP) is 3.04. The second kappa shape index (κ2) is 5.18. The van der Waals surface area contributed by atoms with Crippen molar-refractivity contribution in [2.24, 2.45) is 0 Å². The van der Waals surface area contributed by atoms with Gasteiger partial charge in [-0.2, -0.15) is 0 Å². The molecule has 0 spiro atoms. The molecule has 0 aliphatic heterocycles. The number of carboxylic acids is 1. The SMILES string of the molecule is Cc1ccc(C(=O)O)c(OCc2csc(C)n2)c1. The number of rotatable bonds is 4. The highest BCUT2D eigenvalue weighted by Crippen LogP contribution is 2.22. The second-order valence-corrected chi connectivity index (χ2v) is 5.01. The molecule has 18 heavy (non-hydrogen) atoms. The maximum Gasteiger partial charge on any atom is 0.339 e. The maximum absolute atomic E-state index is 11.1. The summed E-state index contributed by atoms with van der Waals surface area (Å²) in [5.74, 6) is -0.604. The molecule has 0 amide bonds. The molecule has 1 heterocycles. The fourth-order valence-electron chi connectivity index (χ4n) is 1.55. The van der Waals surface area contributed by atoms with Crippen molar-refractivity contribution < 1.29 is 14.6 Å². The molecule has 1 aromatic heterocycles. The van der Waals surface area contributed by atoms with E-state index in [2.05, 4.69) is 4.98 Å². The molecule has 0 fully saturated rings. The average Bonchev–Trinajstić information content (AvgIpc) is 2.72. The lowest BCUT2D eigenvalue weighted by molar-refractivity contribution is 0.0691. The molecule has 1 aromatic carbocycles. The smallest absolute Gasteiger partial charge is 0.339 e. The highest BCUT2D eigenvalue weighted by Gasteiger charge is 2.11. The van der Waals surface area contributed by atoms with Crippen LogP contribution in [0.25, 0.3) is 0 Å². The highest BCUT2D eigenvalue weighted by atomic mass is 32.1. The number of hydrogen-bond donors (Lipinski definition) is 1. The molecule has 94 valence electrons. The second-order valence-electron chi connectivity index (χ2n) is 3.95. The molecule has 0 unspecified atom stereocenters. The van der Waals surface area contributed by atoms with E-state index in [1.165, 1.54) is 0 Å². The standard InChI is InChI=1S/C13H13NO3S/c1-8-3-4-11(13(15)16)12(5-8)17-6-10-7-18-9(2)14-10/h3-5,7H,6H2,1-2H3,(H,15,16). The summed E-state index contributed by atoms with van der Waals surface area (Å²) in [6.07, 6.45) is 0. The van der Waals surface area contributed by atoms with Gasteiger partial charge >= 0.3 is 5.97 Å². The van der Waals surface area contributed by atoms with Gasteiger partial charge in [0.2, 0.25) is 0 Å². The van der Waals surface area contributed by atoms with E-state index in [1.54, 1.807) is 29.5 Å². The molecule has 5 heteroatoms. The first-order valence-electron chi connectivity index (χ1n) is 5.44. The first kappa shape index (κ1) is 12.6. The number of benzene rings is 1. The molecule has 0 bridgehead atoms. The van der Waals surface area contributed by atoms with Crippen molar-refractivity contribution in [3.63, 3.8) is 0 Å². The molecular formula is C13H13NO3S. The molecule has 4 nitrogen and oxygen atoms in total. The molecular weight excluding hydrogens is 250 g/mol. The first-order chi connectivity index (χ1) is 8.56. The van der Waals surface area contributed by atoms with Crippen LogP contribution in [0, 0.1) is 13.8 Å². The van der Waals surface area contributed by atoms with Crippen molar-refractivity contribution in [1.82, 2.24) is 4.98 Å². The summed E-state index contributed by atoms with van der Waals surface area (Å²) in [7, 11) is 0. The van der Waals surface area contributed by atoms with Gasteiger partial charge in [0.15, 0.2) is 0 Å². The molecule has 2 rings (SSSR count). The first-order valence-corrected chi connectivity index (χ1v) is 6.32. The number of nitrogens with zero attached hydrogens (tertiary/aromatic N) is 1. The van der Waals surface area contributed by atoms with Crippen LogP contribution >= 0.6 is 11.3 Å². The Kier molecular flexibility index (Phi) is 3.62. The zero-order valence-corrected chi connectivity index (χ0v) is 11.0. The van der Waals surface area contributed by atoms with Crippen molar-refractivity contribution >= 4 is 17.3 Å². The number of aromatic carboxylic acids is 1. The Balaban J connectivity index is 2.17. The van der Waals surface area contributed by atoms with E-state index >= 15 is 0 Å². The molecule has 0 saturated carbocycles. The fourth-order valence-corrected chi connectivity index (χ4v) is 2.15. The van der Waals surface area contributed by atoms with Crippen LogP contribution in [0.1, 0.15) is 26.6 Å². The fraction of sp³-hybridized carbons (Fsp3) is 0.231. The van der Waals surface area contributed by atoms with Crippen molar-refractivity contribution in [2.75, 3.05) is 0 Å². The van der Waals surface area contributed by atoms with Crippen LogP contribution < -0.4 is 4.74 Å². The minimum atomic E-state index is -0.987. The molecule has 0 radical (unpaired) electrons. The molecule has 0 saturated heterocycles. The summed E-state index contributed by atoms with van der Waals surface area (Å²) < 4.78 is 5.54. The van der Waals surface area contributed by atoms with Gasteiger partial charge in [0, 0.05) is 5.38 Å². The summed E-state index contributed by atoms with van der Waals surface area (Å²) in [5, 5.41) is 11.9. The quantitative estimate of drug-likeness (QED) is 0.921. The Hall–Kier alpha value is -1.88. The lowest BCUT2D eigenvalue weighted by atomic mass is 10.1. The van der Waals surface area contributed by atoms with Gasteiger partial charge < -0.3 is 9.84 Å². The van der Waals surface area contributed by atoms with Gasteiger partial charge in [-0.25, -0.2) is 9.78 Å². The van der Waals surface area contributed by atoms with Gasteiger partial charge in [0.05, 0.1) is 10.7 Å². The summed E-state index contributed by atoms with van der Waals surface area (Å²) in [5.41, 5.74) is 1.95. The topological polar surface area (TPSA) is 59.4 Å². The van der Waals surface area contributed by atoms with Crippen LogP contribution in [-0.4, -0.2) is 16.1 Å². The zero-order chi connectivity index (χ0) is 13.1. The normalized spacial score (nSPS) is 10.3. The number of ether oxygens (including phenoxy) is 1. The van der Waals surface area contributed by atoms with Gasteiger partial charge in [0.25, 0.3) is 0 Å². The van der Waals surface area contributed by atoms with Gasteiger partial charge in [-0.3, -0.25) is 0 Å². The summed E-state index contributed by atoms with van der Waals surface area (Å²) >= 11 is 1.55. The average molecular weight is 263 g/mol. The van der Waals surface area contributed by atoms with Crippen LogP contribution in [0.2, 0.25) is 0 Å². The number of carbonyl (C=O) groups is 1. The summed E-state index contributed by atoms with van der Waals surface area (Å²) in [6.45, 7) is 4.10. The number of aryl methyl sites for hydroxylation is 2. The van der Waals surface area contributed by atoms with Gasteiger partial charge in [-0.15, -0.1) is 11.3 Å². The van der Waals surface area contributed by atoms with E-state index in [4.69, 9.17) is 9.84 Å². The third-order valence-electron chi connectivity index (χ3n) is 2.41. The summed E-state index contributed by atoms with van der Waals surface area (Å²) in [4.78, 5) is 15.3. The van der Waals surface area contributed by atoms with E-state index < -0.39 is 5.97 Å². The third kappa shape index (κ3) is 2.87. The minimum absolute atomic E-state index is 0.174. The Morgan fingerprint density at radius 3 is 2.83 bits per heavy atom. The molecule has 1 N–H and O–H groups in total. The Bertz CT molecular complexity index is 577. The third-order valence-corrected chi connectivity index (χ3v) is 3.23. The molecule has 2 aromatic rings. The van der Waals surface area contributed by atoms with Gasteiger partial charge in [-0.1, -0.05) is 6.07 Å². The molecule has 0 aliphatic carbocycles. The van der Waals surface area contributed by atoms with Crippen molar-refractivity contribution in [2.45, 2.75) is 20.5 Å². The Morgan fingerprint density at radius 2 is 2.22 bits per heavy atom. The highest BCUT2D eigenvalue weighted by molar-refractivity contribution is 7.09. The van der Waals surface area contributed by atoms with Crippen LogP contribution in [0.5, 0.6) is 5.75 Å². The Labute approximate surface area is 109 Å². The number of carboxylic acid groups (broad SMARTS) is 1. The van der Waals surface area contributed by atoms with Crippen LogP contribution in [0.4, 0.5) is 0 Å². The van der Waals surface area contributed by atoms with Gasteiger partial charge in [0.1, 0.15) is 17.9 Å². The van der Waals surface area contributed by atoms with E-state index in [9.17, 15) is 4.79 Å². The van der Waals surface area contributed by atoms with Crippen LogP contribution in [0.15, 0.2) is 23.6 Å². The zero-order valence-electron chi connectivity index (χ0n) is 10.1. The largest absolute Gasteiger partial charge is 0.486 e. The molecule has 0 aliphatic rings. The minimum Gasteiger partial charge on any atom is -0.486 e. The van der Waals surface area contributed by atoms with Crippen LogP contribution in [0.3, 0.4) is 0 Å². The summed E-state index contributed by atoms with van der Waals surface area (Å²) in [6, 6.07) is 5.03. The maximum atomic E-state index is 11.1. The van der Waals surface area contributed by atoms with E-state index in [-0.39, 0.29) is 12.2 Å². The number of hydrogen-bond acceptors (Lipinski definition) is 4. The lowest BCUT2D eigenvalue weighted by Crippen LogP contribution is -2.04. The van der Waals surface area contributed by atoms with E-state index in [0.717, 1.165) is 16.3 Å². The predicted molar refractivity (Wildman–Crippen MR) is 69.3 cm³/mol. The van der Waals surface area contributed by atoms with Gasteiger partial charge in [-0.05, 0) is 31.5 Å². The number of aromatic nitrogens is 1. The number of thiazole rings is 1. The van der Waals surface area contributed by atoms with Crippen molar-refractivity contribution in [3.8, 4) is 5.75 Å². The van der Waals surface area contributed by atoms with Crippen LogP contribution in [-0.2, 0) is 6.61 Å².